The molecule has 1 aromatic heterocycles. The van der Waals surface area contributed by atoms with Gasteiger partial charge in [-0.1, -0.05) is 18.6 Å². The summed E-state index contributed by atoms with van der Waals surface area (Å²) in [6.07, 6.45) is 2.75. The maximum Gasteiger partial charge on any atom is 0.139 e. The van der Waals surface area contributed by atoms with E-state index in [9.17, 15) is 0 Å². The minimum Gasteiger partial charge on any atom is -0.356 e. The molecule has 0 radical (unpaired) electrons. The van der Waals surface area contributed by atoms with Crippen LogP contribution < -0.4 is 4.90 Å². The molecule has 1 atom stereocenters. The van der Waals surface area contributed by atoms with Crippen LogP contribution in [0, 0.1) is 6.92 Å². The van der Waals surface area contributed by atoms with E-state index in [1.165, 1.54) is 5.56 Å². The lowest BCUT2D eigenvalue weighted by atomic mass is 10.1. The fourth-order valence-corrected chi connectivity index (χ4v) is 1.92. The molecule has 1 heterocycles. The van der Waals surface area contributed by atoms with Gasteiger partial charge in [0, 0.05) is 18.5 Å². The normalized spacial score (nSPS) is 12.7. The van der Waals surface area contributed by atoms with Gasteiger partial charge in [0.2, 0.25) is 0 Å². The molecule has 3 nitrogen and oxygen atoms in total. The lowest BCUT2D eigenvalue weighted by Crippen LogP contribution is -2.29. The molecule has 0 fully saturated rings. The first-order valence-electron chi connectivity index (χ1n) is 6.07. The van der Waals surface area contributed by atoms with E-state index in [2.05, 4.69) is 60.9 Å². The Bertz CT molecular complexity index is 522. The van der Waals surface area contributed by atoms with Crippen molar-refractivity contribution in [2.45, 2.75) is 33.2 Å². The first-order chi connectivity index (χ1) is 8.13. The van der Waals surface area contributed by atoms with Gasteiger partial charge in [-0.25, -0.2) is 9.97 Å². The standard InChI is InChI=1S/C14H19N3/c1-5-11(3)17(4)14-12-8-10(2)6-7-13(12)15-9-16-14/h6-9,11H,5H2,1-4H3. The van der Waals surface area contributed by atoms with Crippen molar-refractivity contribution in [1.29, 1.82) is 0 Å². The van der Waals surface area contributed by atoms with Crippen LogP contribution in [0.3, 0.4) is 0 Å². The minimum absolute atomic E-state index is 0.480. The molecule has 90 valence electrons. The van der Waals surface area contributed by atoms with Crippen molar-refractivity contribution < 1.29 is 0 Å². The maximum atomic E-state index is 4.43. The number of hydrogen-bond acceptors (Lipinski definition) is 3. The fourth-order valence-electron chi connectivity index (χ4n) is 1.92. The molecule has 1 unspecified atom stereocenters. The zero-order valence-corrected chi connectivity index (χ0v) is 10.9. The van der Waals surface area contributed by atoms with Crippen LogP contribution in [0.5, 0.6) is 0 Å². The van der Waals surface area contributed by atoms with E-state index < -0.39 is 0 Å². The number of rotatable bonds is 3. The summed E-state index contributed by atoms with van der Waals surface area (Å²) in [4.78, 5) is 11.0. The number of fused-ring (bicyclic) bond motifs is 1. The Morgan fingerprint density at radius 3 is 2.76 bits per heavy atom. The maximum absolute atomic E-state index is 4.43. The van der Waals surface area contributed by atoms with Crippen molar-refractivity contribution in [2.75, 3.05) is 11.9 Å². The number of hydrogen-bond donors (Lipinski definition) is 0. The molecule has 1 aromatic carbocycles. The summed E-state index contributed by atoms with van der Waals surface area (Å²) >= 11 is 0. The van der Waals surface area contributed by atoms with Crippen molar-refractivity contribution in [1.82, 2.24) is 9.97 Å². The third kappa shape index (κ3) is 2.23. The van der Waals surface area contributed by atoms with E-state index >= 15 is 0 Å². The van der Waals surface area contributed by atoms with Crippen LogP contribution in [0.25, 0.3) is 10.9 Å². The van der Waals surface area contributed by atoms with Crippen molar-refractivity contribution in [3.8, 4) is 0 Å². The first-order valence-corrected chi connectivity index (χ1v) is 6.07. The minimum atomic E-state index is 0.480. The van der Waals surface area contributed by atoms with Crippen LogP contribution in [0.4, 0.5) is 5.82 Å². The van der Waals surface area contributed by atoms with Gasteiger partial charge in [0.1, 0.15) is 12.1 Å². The zero-order chi connectivity index (χ0) is 12.4. The van der Waals surface area contributed by atoms with Gasteiger partial charge in [-0.3, -0.25) is 0 Å². The number of aromatic nitrogens is 2. The quantitative estimate of drug-likeness (QED) is 0.809. The Balaban J connectivity index is 2.57. The van der Waals surface area contributed by atoms with Crippen LogP contribution in [0.2, 0.25) is 0 Å². The Morgan fingerprint density at radius 2 is 2.06 bits per heavy atom. The Kier molecular flexibility index (Phi) is 3.27. The zero-order valence-electron chi connectivity index (χ0n) is 10.9. The molecule has 0 spiro atoms. The Morgan fingerprint density at radius 1 is 1.29 bits per heavy atom. The average Bonchev–Trinajstić information content (AvgIpc) is 2.36. The van der Waals surface area contributed by atoms with Crippen molar-refractivity contribution >= 4 is 16.7 Å². The molecule has 0 amide bonds. The summed E-state index contributed by atoms with van der Waals surface area (Å²) in [5.41, 5.74) is 2.25. The molecular weight excluding hydrogens is 210 g/mol. The molecular formula is C14H19N3. The van der Waals surface area contributed by atoms with E-state index in [4.69, 9.17) is 0 Å². The predicted octanol–water partition coefficient (Wildman–Crippen LogP) is 3.17. The third-order valence-electron chi connectivity index (χ3n) is 3.36. The molecule has 3 heteroatoms. The highest BCUT2D eigenvalue weighted by Crippen LogP contribution is 2.24. The summed E-state index contributed by atoms with van der Waals surface area (Å²) in [5, 5.41) is 1.13. The average molecular weight is 229 g/mol. The predicted molar refractivity (Wildman–Crippen MR) is 72.4 cm³/mol. The highest BCUT2D eigenvalue weighted by Gasteiger charge is 2.12. The topological polar surface area (TPSA) is 29.0 Å². The monoisotopic (exact) mass is 229 g/mol. The van der Waals surface area contributed by atoms with Gasteiger partial charge in [-0.2, -0.15) is 0 Å². The highest BCUT2D eigenvalue weighted by atomic mass is 15.2. The summed E-state index contributed by atoms with van der Waals surface area (Å²) in [5.74, 6) is 1.02. The lowest BCUT2D eigenvalue weighted by molar-refractivity contribution is 0.658. The van der Waals surface area contributed by atoms with Gasteiger partial charge in [-0.05, 0) is 32.4 Å². The number of nitrogens with zero attached hydrogens (tertiary/aromatic N) is 3. The lowest BCUT2D eigenvalue weighted by Gasteiger charge is -2.25. The van der Waals surface area contributed by atoms with Gasteiger partial charge >= 0.3 is 0 Å². The summed E-state index contributed by atoms with van der Waals surface area (Å²) in [6.45, 7) is 6.50. The van der Waals surface area contributed by atoms with Gasteiger partial charge in [0.25, 0.3) is 0 Å². The van der Waals surface area contributed by atoms with Gasteiger partial charge in [0.05, 0.1) is 5.52 Å². The number of aryl methyl sites for hydroxylation is 1. The van der Waals surface area contributed by atoms with E-state index in [1.807, 2.05) is 0 Å². The van der Waals surface area contributed by atoms with Crippen molar-refractivity contribution in [3.05, 3.63) is 30.1 Å². The summed E-state index contributed by atoms with van der Waals surface area (Å²) < 4.78 is 0. The van der Waals surface area contributed by atoms with Crippen LogP contribution in [-0.4, -0.2) is 23.1 Å². The second-order valence-electron chi connectivity index (χ2n) is 4.59. The molecule has 0 saturated heterocycles. The summed E-state index contributed by atoms with van der Waals surface area (Å²) in [6, 6.07) is 6.78. The highest BCUT2D eigenvalue weighted by molar-refractivity contribution is 5.89. The molecule has 2 rings (SSSR count). The largest absolute Gasteiger partial charge is 0.356 e. The van der Waals surface area contributed by atoms with Crippen LogP contribution >= 0.6 is 0 Å². The van der Waals surface area contributed by atoms with E-state index in [0.29, 0.717) is 6.04 Å². The number of benzene rings is 1. The molecule has 17 heavy (non-hydrogen) atoms. The third-order valence-corrected chi connectivity index (χ3v) is 3.36. The molecule has 2 aromatic rings. The Labute approximate surface area is 103 Å². The van der Waals surface area contributed by atoms with Gasteiger partial charge in [-0.15, -0.1) is 0 Å². The van der Waals surface area contributed by atoms with Crippen LogP contribution in [-0.2, 0) is 0 Å². The summed E-state index contributed by atoms with van der Waals surface area (Å²) in [7, 11) is 2.10. The van der Waals surface area contributed by atoms with Crippen molar-refractivity contribution in [2.24, 2.45) is 0 Å². The second kappa shape index (κ2) is 4.70. The van der Waals surface area contributed by atoms with E-state index in [-0.39, 0.29) is 0 Å². The first kappa shape index (κ1) is 11.8. The fraction of sp³-hybridized carbons (Fsp3) is 0.429. The molecule has 0 N–H and O–H groups in total. The molecule has 0 aliphatic heterocycles. The molecule has 0 bridgehead atoms. The molecule has 0 saturated carbocycles. The Hall–Kier alpha value is -1.64. The van der Waals surface area contributed by atoms with E-state index in [0.717, 1.165) is 23.1 Å². The van der Waals surface area contributed by atoms with Crippen LogP contribution in [0.15, 0.2) is 24.5 Å². The molecule has 0 aliphatic carbocycles. The van der Waals surface area contributed by atoms with Crippen molar-refractivity contribution in [3.63, 3.8) is 0 Å². The van der Waals surface area contributed by atoms with Gasteiger partial charge in [0.15, 0.2) is 0 Å². The van der Waals surface area contributed by atoms with Gasteiger partial charge < -0.3 is 4.90 Å². The van der Waals surface area contributed by atoms with Crippen LogP contribution in [0.1, 0.15) is 25.8 Å². The SMILES string of the molecule is CCC(C)N(C)c1ncnc2ccc(C)cc12. The number of anilines is 1. The second-order valence-corrected chi connectivity index (χ2v) is 4.59. The van der Waals surface area contributed by atoms with E-state index in [1.54, 1.807) is 6.33 Å². The molecule has 0 aliphatic rings. The smallest absolute Gasteiger partial charge is 0.139 e.